The summed E-state index contributed by atoms with van der Waals surface area (Å²) >= 11 is 0. The molecule has 1 aliphatic heterocycles. The van der Waals surface area contributed by atoms with Crippen molar-refractivity contribution in [1.29, 1.82) is 0 Å². The summed E-state index contributed by atoms with van der Waals surface area (Å²) in [6, 6.07) is 12.8. The van der Waals surface area contributed by atoms with E-state index in [9.17, 15) is 0 Å². The van der Waals surface area contributed by atoms with Crippen LogP contribution in [0.25, 0.3) is 10.8 Å². The van der Waals surface area contributed by atoms with Crippen molar-refractivity contribution in [3.8, 4) is 5.75 Å². The van der Waals surface area contributed by atoms with Gasteiger partial charge in [0.2, 0.25) is 0 Å². The Kier molecular flexibility index (Phi) is 2.61. The number of benzene rings is 2. The van der Waals surface area contributed by atoms with E-state index in [0.29, 0.717) is 19.2 Å². The minimum absolute atomic E-state index is 0.327. The zero-order valence-corrected chi connectivity index (χ0v) is 9.65. The lowest BCUT2D eigenvalue weighted by molar-refractivity contribution is 0.283. The molecule has 88 valence electrons. The zero-order chi connectivity index (χ0) is 11.7. The molecular weight excluding hydrogens is 212 g/mol. The summed E-state index contributed by atoms with van der Waals surface area (Å²) in [6.45, 7) is 1.38. The second kappa shape index (κ2) is 4.26. The van der Waals surface area contributed by atoms with E-state index in [1.165, 1.54) is 10.8 Å². The molecule has 2 aromatic rings. The third kappa shape index (κ3) is 1.83. The number of hydrogen-bond acceptors (Lipinski definition) is 3. The van der Waals surface area contributed by atoms with Crippen LogP contribution in [0.3, 0.4) is 0 Å². The predicted octanol–water partition coefficient (Wildman–Crippen LogP) is 2.36. The molecule has 0 aromatic heterocycles. The average molecular weight is 228 g/mol. The SMILES string of the molecule is NCCC1COc2c(ccc3ccccc23)N1. The highest BCUT2D eigenvalue weighted by molar-refractivity contribution is 5.93. The maximum Gasteiger partial charge on any atom is 0.150 e. The molecule has 17 heavy (non-hydrogen) atoms. The molecule has 0 radical (unpaired) electrons. The Balaban J connectivity index is 2.02. The van der Waals surface area contributed by atoms with Gasteiger partial charge in [-0.15, -0.1) is 0 Å². The third-order valence-electron chi connectivity index (χ3n) is 3.18. The molecule has 3 nitrogen and oxygen atoms in total. The Labute approximate surface area is 101 Å². The Bertz CT molecular complexity index is 539. The molecule has 0 amide bonds. The summed E-state index contributed by atoms with van der Waals surface area (Å²) in [5, 5.41) is 5.87. The third-order valence-corrected chi connectivity index (χ3v) is 3.18. The number of hydrogen-bond donors (Lipinski definition) is 2. The highest BCUT2D eigenvalue weighted by Crippen LogP contribution is 2.36. The second-order valence-electron chi connectivity index (χ2n) is 4.39. The van der Waals surface area contributed by atoms with Crippen molar-refractivity contribution in [3.63, 3.8) is 0 Å². The van der Waals surface area contributed by atoms with Gasteiger partial charge in [0, 0.05) is 5.39 Å². The van der Waals surface area contributed by atoms with Crippen LogP contribution in [0.4, 0.5) is 5.69 Å². The lowest BCUT2D eigenvalue weighted by Gasteiger charge is -2.28. The van der Waals surface area contributed by atoms with Crippen molar-refractivity contribution < 1.29 is 4.74 Å². The van der Waals surface area contributed by atoms with Crippen molar-refractivity contribution in [3.05, 3.63) is 36.4 Å². The summed E-state index contributed by atoms with van der Waals surface area (Å²) < 4.78 is 5.88. The van der Waals surface area contributed by atoms with E-state index in [1.54, 1.807) is 0 Å². The Morgan fingerprint density at radius 2 is 2.12 bits per heavy atom. The van der Waals surface area contributed by atoms with E-state index >= 15 is 0 Å². The van der Waals surface area contributed by atoms with Crippen LogP contribution in [-0.4, -0.2) is 19.2 Å². The van der Waals surface area contributed by atoms with E-state index in [2.05, 4.69) is 29.6 Å². The van der Waals surface area contributed by atoms with Gasteiger partial charge >= 0.3 is 0 Å². The molecule has 0 saturated heterocycles. The maximum atomic E-state index is 5.88. The van der Waals surface area contributed by atoms with Crippen LogP contribution in [0.1, 0.15) is 6.42 Å². The lowest BCUT2D eigenvalue weighted by Crippen LogP contribution is -2.33. The van der Waals surface area contributed by atoms with Crippen LogP contribution in [0.15, 0.2) is 36.4 Å². The van der Waals surface area contributed by atoms with E-state index in [4.69, 9.17) is 10.5 Å². The van der Waals surface area contributed by atoms with Gasteiger partial charge in [-0.2, -0.15) is 0 Å². The van der Waals surface area contributed by atoms with Crippen molar-refractivity contribution in [2.24, 2.45) is 5.73 Å². The van der Waals surface area contributed by atoms with E-state index < -0.39 is 0 Å². The van der Waals surface area contributed by atoms with Crippen molar-refractivity contribution >= 4 is 16.5 Å². The largest absolute Gasteiger partial charge is 0.489 e. The van der Waals surface area contributed by atoms with Crippen LogP contribution >= 0.6 is 0 Å². The van der Waals surface area contributed by atoms with Crippen LogP contribution in [0, 0.1) is 0 Å². The number of nitrogens with two attached hydrogens (primary N) is 1. The van der Waals surface area contributed by atoms with Gasteiger partial charge in [-0.3, -0.25) is 0 Å². The van der Waals surface area contributed by atoms with Crippen LogP contribution in [0.5, 0.6) is 5.75 Å². The van der Waals surface area contributed by atoms with Gasteiger partial charge in [-0.1, -0.05) is 30.3 Å². The molecule has 2 aromatic carbocycles. The standard InChI is InChI=1S/C14H16N2O/c15-8-7-11-9-17-14-12-4-2-1-3-10(12)5-6-13(14)16-11/h1-6,11,16H,7-9,15H2. The first kappa shape index (κ1) is 10.4. The molecule has 1 atom stereocenters. The molecule has 0 spiro atoms. The number of rotatable bonds is 2. The first-order valence-electron chi connectivity index (χ1n) is 5.99. The topological polar surface area (TPSA) is 47.3 Å². The van der Waals surface area contributed by atoms with Gasteiger partial charge in [0.1, 0.15) is 12.4 Å². The molecule has 3 heteroatoms. The monoisotopic (exact) mass is 228 g/mol. The fraction of sp³-hybridized carbons (Fsp3) is 0.286. The minimum Gasteiger partial charge on any atom is -0.489 e. The Morgan fingerprint density at radius 3 is 3.00 bits per heavy atom. The average Bonchev–Trinajstić information content (AvgIpc) is 2.39. The van der Waals surface area contributed by atoms with Gasteiger partial charge in [0.25, 0.3) is 0 Å². The second-order valence-corrected chi connectivity index (χ2v) is 4.39. The summed E-state index contributed by atoms with van der Waals surface area (Å²) in [7, 11) is 0. The molecule has 0 fully saturated rings. The van der Waals surface area contributed by atoms with Crippen molar-refractivity contribution in [2.75, 3.05) is 18.5 Å². The molecule has 0 aliphatic carbocycles. The smallest absolute Gasteiger partial charge is 0.150 e. The highest BCUT2D eigenvalue weighted by atomic mass is 16.5. The molecule has 1 aliphatic rings. The molecular formula is C14H16N2O. The minimum atomic E-state index is 0.327. The Hall–Kier alpha value is -1.74. The number of nitrogens with one attached hydrogen (secondary N) is 1. The summed E-state index contributed by atoms with van der Waals surface area (Å²) in [5.74, 6) is 0.969. The van der Waals surface area contributed by atoms with Gasteiger partial charge in [0.15, 0.2) is 0 Å². The van der Waals surface area contributed by atoms with E-state index in [1.807, 2.05) is 12.1 Å². The number of fused-ring (bicyclic) bond motifs is 3. The molecule has 3 N–H and O–H groups in total. The normalized spacial score (nSPS) is 18.3. The molecule has 1 unspecified atom stereocenters. The summed E-state index contributed by atoms with van der Waals surface area (Å²) in [6.07, 6.45) is 0.937. The first-order chi connectivity index (χ1) is 8.38. The van der Waals surface area contributed by atoms with Gasteiger partial charge in [0.05, 0.1) is 11.7 Å². The van der Waals surface area contributed by atoms with Gasteiger partial charge < -0.3 is 15.8 Å². The van der Waals surface area contributed by atoms with E-state index in [-0.39, 0.29) is 0 Å². The number of anilines is 1. The highest BCUT2D eigenvalue weighted by Gasteiger charge is 2.19. The van der Waals surface area contributed by atoms with Crippen molar-refractivity contribution in [2.45, 2.75) is 12.5 Å². The van der Waals surface area contributed by atoms with Crippen LogP contribution in [-0.2, 0) is 0 Å². The summed E-state index contributed by atoms with van der Waals surface area (Å²) in [4.78, 5) is 0. The predicted molar refractivity (Wildman–Crippen MR) is 70.5 cm³/mol. The lowest BCUT2D eigenvalue weighted by atomic mass is 10.1. The van der Waals surface area contributed by atoms with Crippen LogP contribution < -0.4 is 15.8 Å². The fourth-order valence-electron chi connectivity index (χ4n) is 2.31. The zero-order valence-electron chi connectivity index (χ0n) is 9.65. The van der Waals surface area contributed by atoms with Crippen LogP contribution in [0.2, 0.25) is 0 Å². The molecule has 0 bridgehead atoms. The number of ether oxygens (including phenoxy) is 1. The molecule has 1 heterocycles. The van der Waals surface area contributed by atoms with Crippen molar-refractivity contribution in [1.82, 2.24) is 0 Å². The van der Waals surface area contributed by atoms with Gasteiger partial charge in [-0.05, 0) is 24.4 Å². The van der Waals surface area contributed by atoms with E-state index in [0.717, 1.165) is 17.9 Å². The molecule has 0 saturated carbocycles. The fourth-order valence-corrected chi connectivity index (χ4v) is 2.31. The maximum absolute atomic E-state index is 5.88. The Morgan fingerprint density at radius 1 is 1.24 bits per heavy atom. The van der Waals surface area contributed by atoms with Gasteiger partial charge in [-0.25, -0.2) is 0 Å². The first-order valence-corrected chi connectivity index (χ1v) is 5.99. The summed E-state index contributed by atoms with van der Waals surface area (Å²) in [5.41, 5.74) is 6.65. The quantitative estimate of drug-likeness (QED) is 0.829. The molecule has 3 rings (SSSR count).